The van der Waals surface area contributed by atoms with Crippen molar-refractivity contribution in [2.75, 3.05) is 11.9 Å². The molecule has 0 aromatic carbocycles. The number of ether oxygens (including phenoxy) is 2. The number of carbonyl (C=O) groups is 3. The first-order valence-corrected chi connectivity index (χ1v) is 12.0. The second kappa shape index (κ2) is 8.02. The van der Waals surface area contributed by atoms with Crippen LogP contribution in [0.15, 0.2) is 11.5 Å². The summed E-state index contributed by atoms with van der Waals surface area (Å²) in [6.45, 7) is 10.0. The van der Waals surface area contributed by atoms with E-state index < -0.39 is 43.4 Å². The number of β-lactam (4-membered cyclic amide) rings is 1. The Morgan fingerprint density at radius 2 is 1.76 bits per heavy atom. The maximum Gasteiger partial charge on any atom is 0.307 e. The molecule has 2 rings (SSSR count). The fraction of sp³-hybridized carbons (Fsp3) is 0.737. The molecule has 29 heavy (non-hydrogen) atoms. The first kappa shape index (κ1) is 23.9. The van der Waals surface area contributed by atoms with Gasteiger partial charge in [-0.3, -0.25) is 19.3 Å². The zero-order valence-corrected chi connectivity index (χ0v) is 20.0. The lowest BCUT2D eigenvalue weighted by molar-refractivity contribution is -0.154. The second-order valence-electron chi connectivity index (χ2n) is 9.22. The number of Topliss-reactive ketones (excluding diaryl/α,β-unsaturated/α-hetero) is 1. The highest BCUT2D eigenvalue weighted by Crippen LogP contribution is 2.42. The van der Waals surface area contributed by atoms with E-state index in [2.05, 4.69) is 15.9 Å². The van der Waals surface area contributed by atoms with Crippen molar-refractivity contribution >= 4 is 43.4 Å². The molecule has 0 spiro atoms. The number of hydrogen-bond acceptors (Lipinski definition) is 7. The van der Waals surface area contributed by atoms with Gasteiger partial charge in [0.1, 0.15) is 17.5 Å². The minimum Gasteiger partial charge on any atom is -0.471 e. The number of sulfone groups is 1. The summed E-state index contributed by atoms with van der Waals surface area (Å²) in [7, 11) is -3.86. The summed E-state index contributed by atoms with van der Waals surface area (Å²) in [5.74, 6) is -1.20. The van der Waals surface area contributed by atoms with E-state index in [1.807, 2.05) is 0 Å². The summed E-state index contributed by atoms with van der Waals surface area (Å²) in [6.07, 6.45) is -0.568. The van der Waals surface area contributed by atoms with E-state index >= 15 is 0 Å². The molecule has 2 heterocycles. The van der Waals surface area contributed by atoms with E-state index in [1.54, 1.807) is 41.5 Å². The van der Waals surface area contributed by atoms with Gasteiger partial charge in [0.2, 0.25) is 5.91 Å². The van der Waals surface area contributed by atoms with Crippen molar-refractivity contribution < 1.29 is 32.3 Å². The number of esters is 1. The van der Waals surface area contributed by atoms with Gasteiger partial charge in [-0.05, 0) is 20.8 Å². The molecule has 1 amide bonds. The predicted molar refractivity (Wildman–Crippen MR) is 110 cm³/mol. The minimum atomic E-state index is -3.86. The summed E-state index contributed by atoms with van der Waals surface area (Å²) >= 11 is 3.26. The normalized spacial score (nSPS) is 24.0. The fourth-order valence-corrected chi connectivity index (χ4v) is 6.06. The zero-order chi connectivity index (χ0) is 22.4. The topological polar surface area (TPSA) is 107 Å². The van der Waals surface area contributed by atoms with Crippen LogP contribution in [0, 0.1) is 5.41 Å². The van der Waals surface area contributed by atoms with Gasteiger partial charge in [-0.15, -0.1) is 0 Å². The van der Waals surface area contributed by atoms with Gasteiger partial charge >= 0.3 is 5.97 Å². The Kier molecular flexibility index (Phi) is 6.59. The second-order valence-corrected chi connectivity index (χ2v) is 12.1. The molecule has 10 heteroatoms. The minimum absolute atomic E-state index is 0.0455. The quantitative estimate of drug-likeness (QED) is 0.317. The van der Waals surface area contributed by atoms with E-state index in [4.69, 9.17) is 9.47 Å². The highest BCUT2D eigenvalue weighted by Gasteiger charge is 2.56. The largest absolute Gasteiger partial charge is 0.471 e. The molecule has 0 radical (unpaired) electrons. The van der Waals surface area contributed by atoms with Crippen molar-refractivity contribution in [3.63, 3.8) is 0 Å². The number of ketones is 1. The third-order valence-corrected chi connectivity index (χ3v) is 7.64. The van der Waals surface area contributed by atoms with Gasteiger partial charge in [0.05, 0.1) is 12.8 Å². The van der Waals surface area contributed by atoms with Crippen LogP contribution in [-0.4, -0.2) is 59.1 Å². The highest BCUT2D eigenvalue weighted by atomic mass is 79.9. The summed E-state index contributed by atoms with van der Waals surface area (Å²) in [6, 6.07) is 0. The van der Waals surface area contributed by atoms with Crippen molar-refractivity contribution in [3.05, 3.63) is 11.5 Å². The van der Waals surface area contributed by atoms with Crippen molar-refractivity contribution in [3.8, 4) is 0 Å². The summed E-state index contributed by atoms with van der Waals surface area (Å²) in [4.78, 5) is 37.8. The number of fused-ring (bicyclic) bond motifs is 1. The van der Waals surface area contributed by atoms with Crippen LogP contribution in [0.1, 0.15) is 54.4 Å². The first-order valence-electron chi connectivity index (χ1n) is 9.31. The number of halogens is 1. The van der Waals surface area contributed by atoms with Crippen molar-refractivity contribution in [1.82, 2.24) is 4.90 Å². The molecule has 0 N–H and O–H groups in total. The average molecular weight is 494 g/mol. The maximum absolute atomic E-state index is 13.1. The number of amides is 1. The van der Waals surface area contributed by atoms with Gasteiger partial charge < -0.3 is 9.47 Å². The molecule has 8 nitrogen and oxygen atoms in total. The van der Waals surface area contributed by atoms with Gasteiger partial charge in [0.15, 0.2) is 26.9 Å². The lowest BCUT2D eigenvalue weighted by atomic mass is 9.91. The van der Waals surface area contributed by atoms with Gasteiger partial charge in [0.25, 0.3) is 0 Å². The molecule has 1 saturated heterocycles. The van der Waals surface area contributed by atoms with Crippen LogP contribution in [0.2, 0.25) is 0 Å². The van der Waals surface area contributed by atoms with Gasteiger partial charge in [-0.2, -0.15) is 0 Å². The predicted octanol–water partition coefficient (Wildman–Crippen LogP) is 2.31. The Balaban J connectivity index is 2.41. The molecular weight excluding hydrogens is 466 g/mol. The maximum atomic E-state index is 13.1. The first-order chi connectivity index (χ1) is 13.1. The van der Waals surface area contributed by atoms with Crippen molar-refractivity contribution in [2.45, 2.75) is 70.6 Å². The van der Waals surface area contributed by atoms with E-state index in [1.165, 1.54) is 0 Å². The molecule has 1 fully saturated rings. The van der Waals surface area contributed by atoms with Crippen molar-refractivity contribution in [2.24, 2.45) is 5.41 Å². The Hall–Kier alpha value is -1.42. The van der Waals surface area contributed by atoms with Gasteiger partial charge in [-0.25, -0.2) is 8.42 Å². The highest BCUT2D eigenvalue weighted by molar-refractivity contribution is 9.09. The van der Waals surface area contributed by atoms with Crippen LogP contribution in [0.5, 0.6) is 0 Å². The van der Waals surface area contributed by atoms with E-state index in [0.29, 0.717) is 0 Å². The Morgan fingerprint density at radius 3 is 2.21 bits per heavy atom. The summed E-state index contributed by atoms with van der Waals surface area (Å²) < 4.78 is 37.1. The molecule has 164 valence electrons. The average Bonchev–Trinajstić information content (AvgIpc) is 2.52. The standard InChI is InChI=1S/C19H28BrNO7S/c1-18(2,3)13(22)10-27-17-11(9-20)12(7-16(24)28-19(4,5)6)29(25,26)15-8-14(23)21(15)17/h12,15H,7-10H2,1-6H3/t12?,15-/m0/s1. The Morgan fingerprint density at radius 1 is 1.17 bits per heavy atom. The van der Waals surface area contributed by atoms with Gasteiger partial charge in [-0.1, -0.05) is 36.7 Å². The lowest BCUT2D eigenvalue weighted by Gasteiger charge is -2.46. The number of rotatable bonds is 6. The molecule has 0 saturated carbocycles. The number of hydrogen-bond donors (Lipinski definition) is 0. The molecule has 2 atom stereocenters. The SMILES string of the molecule is CC(C)(C)OC(=O)CC1C(CBr)=C(OCC(=O)C(C)(C)C)N2C(=O)C[C@@H]2S1(=O)=O. The third kappa shape index (κ3) is 5.02. The monoisotopic (exact) mass is 493 g/mol. The summed E-state index contributed by atoms with van der Waals surface area (Å²) in [5.41, 5.74) is -1.17. The Bertz CT molecular complexity index is 849. The number of alkyl halides is 1. The van der Waals surface area contributed by atoms with Crippen LogP contribution in [0.25, 0.3) is 0 Å². The van der Waals surface area contributed by atoms with Crippen LogP contribution < -0.4 is 0 Å². The fourth-order valence-electron chi connectivity index (χ4n) is 3.00. The molecule has 1 unspecified atom stereocenters. The smallest absolute Gasteiger partial charge is 0.307 e. The van der Waals surface area contributed by atoms with Gasteiger partial charge in [0, 0.05) is 16.3 Å². The van der Waals surface area contributed by atoms with Crippen LogP contribution >= 0.6 is 15.9 Å². The zero-order valence-electron chi connectivity index (χ0n) is 17.6. The number of nitrogens with zero attached hydrogens (tertiary/aromatic N) is 1. The molecule has 0 aromatic rings. The molecule has 0 bridgehead atoms. The molecular formula is C19H28BrNO7S. The lowest BCUT2D eigenvalue weighted by Crippen LogP contribution is -2.62. The van der Waals surface area contributed by atoms with Crippen LogP contribution in [-0.2, 0) is 33.7 Å². The van der Waals surface area contributed by atoms with Crippen LogP contribution in [0.4, 0.5) is 0 Å². The van der Waals surface area contributed by atoms with E-state index in [-0.39, 0.29) is 42.0 Å². The molecule has 0 aromatic heterocycles. The van der Waals surface area contributed by atoms with E-state index in [0.717, 1.165) is 4.90 Å². The third-order valence-electron chi connectivity index (χ3n) is 4.66. The summed E-state index contributed by atoms with van der Waals surface area (Å²) in [5, 5.41) is -2.22. The number of carbonyl (C=O) groups excluding carboxylic acids is 3. The Labute approximate surface area is 180 Å². The molecule has 2 aliphatic rings. The van der Waals surface area contributed by atoms with E-state index in [9.17, 15) is 22.8 Å². The molecule has 0 aliphatic carbocycles. The van der Waals surface area contributed by atoms with Crippen molar-refractivity contribution in [1.29, 1.82) is 0 Å². The van der Waals surface area contributed by atoms with Crippen LogP contribution in [0.3, 0.4) is 0 Å². The molecule has 2 aliphatic heterocycles.